The molecule has 0 amide bonds. The molecule has 10 rings (SSSR count). The highest BCUT2D eigenvalue weighted by atomic mass is 16.3. The van der Waals surface area contributed by atoms with Crippen molar-refractivity contribution >= 4 is 32.7 Å². The zero-order chi connectivity index (χ0) is 35.1. The fourth-order valence-corrected chi connectivity index (χ4v) is 7.25. The van der Waals surface area contributed by atoms with Crippen LogP contribution >= 0.6 is 0 Å². The quantitative estimate of drug-likeness (QED) is 0.176. The van der Waals surface area contributed by atoms with E-state index in [0.29, 0.717) is 17.5 Å². The van der Waals surface area contributed by atoms with E-state index in [1.807, 2.05) is 66.7 Å². The lowest BCUT2D eigenvalue weighted by atomic mass is 9.93. The molecule has 0 spiro atoms. The van der Waals surface area contributed by atoms with Gasteiger partial charge in [-0.1, -0.05) is 170 Å². The standard InChI is InChI=1S/C49H31N3O/c1-4-12-32(13-5-1)33-20-24-35(25-21-33)45-41-19-11-10-18-40(41)31-43-42-30-39(28-29-44(42)53-46(43)45)34-22-26-38(27-23-34)49-51-47(36-14-6-2-7-15-36)50-48(52-49)37-16-8-3-9-17-37/h1-31H. The second kappa shape index (κ2) is 12.9. The lowest BCUT2D eigenvalue weighted by Crippen LogP contribution is -2.00. The monoisotopic (exact) mass is 677 g/mol. The summed E-state index contributed by atoms with van der Waals surface area (Å²) in [4.78, 5) is 14.7. The Balaban J connectivity index is 1.05. The van der Waals surface area contributed by atoms with Gasteiger partial charge in [-0.25, -0.2) is 15.0 Å². The summed E-state index contributed by atoms with van der Waals surface area (Å²) in [7, 11) is 0. The Morgan fingerprint density at radius 3 is 1.34 bits per heavy atom. The molecule has 53 heavy (non-hydrogen) atoms. The highest BCUT2D eigenvalue weighted by Crippen LogP contribution is 2.42. The van der Waals surface area contributed by atoms with Crippen molar-refractivity contribution < 1.29 is 4.42 Å². The van der Waals surface area contributed by atoms with Crippen molar-refractivity contribution in [2.24, 2.45) is 0 Å². The highest BCUT2D eigenvalue weighted by Gasteiger charge is 2.18. The minimum absolute atomic E-state index is 0.636. The molecule has 2 heterocycles. The number of fused-ring (bicyclic) bond motifs is 4. The van der Waals surface area contributed by atoms with Gasteiger partial charge < -0.3 is 4.42 Å². The minimum atomic E-state index is 0.636. The molecule has 0 aliphatic rings. The molecule has 0 aliphatic heterocycles. The predicted molar refractivity (Wildman–Crippen MR) is 217 cm³/mol. The van der Waals surface area contributed by atoms with Gasteiger partial charge in [0.05, 0.1) is 0 Å². The van der Waals surface area contributed by atoms with E-state index in [2.05, 4.69) is 121 Å². The van der Waals surface area contributed by atoms with E-state index in [1.54, 1.807) is 0 Å². The SMILES string of the molecule is c1ccc(-c2ccc(-c3c4ccccc4cc4c3oc3ccc(-c5ccc(-c6nc(-c7ccccc7)nc(-c7ccccc7)n6)cc5)cc34)cc2)cc1. The number of nitrogens with zero attached hydrogens (tertiary/aromatic N) is 3. The van der Waals surface area contributed by atoms with Crippen LogP contribution in [0.2, 0.25) is 0 Å². The van der Waals surface area contributed by atoms with Crippen molar-refractivity contribution in [3.63, 3.8) is 0 Å². The molecule has 0 atom stereocenters. The van der Waals surface area contributed by atoms with Crippen molar-refractivity contribution in [3.8, 4) is 67.5 Å². The number of furan rings is 1. The van der Waals surface area contributed by atoms with E-state index in [-0.39, 0.29) is 0 Å². The van der Waals surface area contributed by atoms with E-state index in [0.717, 1.165) is 60.9 Å². The van der Waals surface area contributed by atoms with Crippen LogP contribution in [-0.2, 0) is 0 Å². The van der Waals surface area contributed by atoms with E-state index in [4.69, 9.17) is 19.4 Å². The molecule has 4 heteroatoms. The third-order valence-corrected chi connectivity index (χ3v) is 9.94. The third kappa shape index (κ3) is 5.63. The van der Waals surface area contributed by atoms with E-state index >= 15 is 0 Å². The molecule has 2 aromatic heterocycles. The third-order valence-electron chi connectivity index (χ3n) is 9.94. The first-order chi connectivity index (χ1) is 26.2. The summed E-state index contributed by atoms with van der Waals surface area (Å²) in [6.45, 7) is 0. The van der Waals surface area contributed by atoms with Gasteiger partial charge in [-0.2, -0.15) is 0 Å². The molecule has 10 aromatic rings. The molecule has 0 unspecified atom stereocenters. The minimum Gasteiger partial charge on any atom is -0.455 e. The van der Waals surface area contributed by atoms with E-state index in [9.17, 15) is 0 Å². The number of hydrogen-bond acceptors (Lipinski definition) is 4. The average molecular weight is 678 g/mol. The molecule has 0 saturated heterocycles. The van der Waals surface area contributed by atoms with Gasteiger partial charge in [0.15, 0.2) is 17.5 Å². The van der Waals surface area contributed by atoms with Crippen LogP contribution in [0.5, 0.6) is 0 Å². The molecule has 0 N–H and O–H groups in total. The smallest absolute Gasteiger partial charge is 0.164 e. The van der Waals surface area contributed by atoms with Gasteiger partial charge in [0.1, 0.15) is 11.2 Å². The Labute approximate surface area is 306 Å². The van der Waals surface area contributed by atoms with Crippen LogP contribution < -0.4 is 0 Å². The zero-order valence-electron chi connectivity index (χ0n) is 28.6. The molecular formula is C49H31N3O. The molecule has 0 radical (unpaired) electrons. The Morgan fingerprint density at radius 2 is 0.736 bits per heavy atom. The van der Waals surface area contributed by atoms with Crippen molar-refractivity contribution in [1.29, 1.82) is 0 Å². The first-order valence-corrected chi connectivity index (χ1v) is 17.8. The van der Waals surface area contributed by atoms with Crippen LogP contribution in [-0.4, -0.2) is 15.0 Å². The summed E-state index contributed by atoms with van der Waals surface area (Å²) in [6, 6.07) is 65.2. The predicted octanol–water partition coefficient (Wildman–Crippen LogP) is 12.9. The molecule has 8 aromatic carbocycles. The molecule has 0 bridgehead atoms. The van der Waals surface area contributed by atoms with Crippen LogP contribution in [0, 0.1) is 0 Å². The first-order valence-electron chi connectivity index (χ1n) is 17.8. The fourth-order valence-electron chi connectivity index (χ4n) is 7.25. The molecule has 0 saturated carbocycles. The molecule has 0 fully saturated rings. The van der Waals surface area contributed by atoms with Crippen LogP contribution in [0.4, 0.5) is 0 Å². The second-order valence-electron chi connectivity index (χ2n) is 13.2. The van der Waals surface area contributed by atoms with Crippen LogP contribution in [0.3, 0.4) is 0 Å². The van der Waals surface area contributed by atoms with Gasteiger partial charge in [-0.05, 0) is 56.8 Å². The Bertz CT molecular complexity index is 2840. The fraction of sp³-hybridized carbons (Fsp3) is 0. The van der Waals surface area contributed by atoms with Gasteiger partial charge in [0, 0.05) is 33.0 Å². The van der Waals surface area contributed by atoms with E-state index in [1.165, 1.54) is 21.9 Å². The van der Waals surface area contributed by atoms with Crippen molar-refractivity contribution in [2.45, 2.75) is 0 Å². The summed E-state index contributed by atoms with van der Waals surface area (Å²) in [6.07, 6.45) is 0. The van der Waals surface area contributed by atoms with E-state index < -0.39 is 0 Å². The van der Waals surface area contributed by atoms with Gasteiger partial charge in [-0.3, -0.25) is 0 Å². The molecular weight excluding hydrogens is 647 g/mol. The van der Waals surface area contributed by atoms with Crippen molar-refractivity contribution in [1.82, 2.24) is 15.0 Å². The molecule has 248 valence electrons. The average Bonchev–Trinajstić information content (AvgIpc) is 3.61. The van der Waals surface area contributed by atoms with Gasteiger partial charge in [0.25, 0.3) is 0 Å². The maximum atomic E-state index is 6.70. The van der Waals surface area contributed by atoms with Crippen LogP contribution in [0.25, 0.3) is 100 Å². The molecule has 0 aliphatic carbocycles. The van der Waals surface area contributed by atoms with Crippen molar-refractivity contribution in [2.75, 3.05) is 0 Å². The lowest BCUT2D eigenvalue weighted by Gasteiger charge is -2.10. The highest BCUT2D eigenvalue weighted by molar-refractivity contribution is 6.18. The molecule has 4 nitrogen and oxygen atoms in total. The summed E-state index contributed by atoms with van der Waals surface area (Å²) in [5.41, 5.74) is 11.4. The largest absolute Gasteiger partial charge is 0.455 e. The number of benzene rings is 8. The summed E-state index contributed by atoms with van der Waals surface area (Å²) < 4.78 is 6.70. The lowest BCUT2D eigenvalue weighted by molar-refractivity contribution is 0.670. The van der Waals surface area contributed by atoms with Gasteiger partial charge >= 0.3 is 0 Å². The number of rotatable bonds is 6. The van der Waals surface area contributed by atoms with Gasteiger partial charge in [0.2, 0.25) is 0 Å². The topological polar surface area (TPSA) is 51.8 Å². The summed E-state index contributed by atoms with van der Waals surface area (Å²) >= 11 is 0. The first kappa shape index (κ1) is 30.6. The Kier molecular flexibility index (Phi) is 7.43. The summed E-state index contributed by atoms with van der Waals surface area (Å²) in [5.74, 6) is 1.93. The normalized spacial score (nSPS) is 11.4. The Hall–Kier alpha value is -7.17. The second-order valence-corrected chi connectivity index (χ2v) is 13.2. The van der Waals surface area contributed by atoms with Crippen LogP contribution in [0.15, 0.2) is 192 Å². The maximum absolute atomic E-state index is 6.70. The van der Waals surface area contributed by atoms with Crippen LogP contribution in [0.1, 0.15) is 0 Å². The maximum Gasteiger partial charge on any atom is 0.164 e. The zero-order valence-corrected chi connectivity index (χ0v) is 28.6. The Morgan fingerprint density at radius 1 is 0.302 bits per heavy atom. The number of aromatic nitrogens is 3. The van der Waals surface area contributed by atoms with Crippen molar-refractivity contribution in [3.05, 3.63) is 188 Å². The van der Waals surface area contributed by atoms with Gasteiger partial charge in [-0.15, -0.1) is 0 Å². The number of hydrogen-bond donors (Lipinski definition) is 0. The summed E-state index contributed by atoms with van der Waals surface area (Å²) in [5, 5.41) is 4.55.